The molecule has 8 nitrogen and oxygen atoms in total. The van der Waals surface area contributed by atoms with Crippen molar-refractivity contribution in [3.05, 3.63) is 47.9 Å². The van der Waals surface area contributed by atoms with Crippen LogP contribution in [0.15, 0.2) is 45.9 Å². The lowest BCUT2D eigenvalue weighted by molar-refractivity contribution is -0.129. The molecule has 1 aromatic carbocycles. The molecule has 0 N–H and O–H groups in total. The third-order valence-electron chi connectivity index (χ3n) is 6.05. The highest BCUT2D eigenvalue weighted by Gasteiger charge is 2.39. The van der Waals surface area contributed by atoms with Crippen molar-refractivity contribution in [2.75, 3.05) is 31.1 Å². The van der Waals surface area contributed by atoms with E-state index in [1.165, 1.54) is 4.31 Å². The van der Waals surface area contributed by atoms with Crippen molar-refractivity contribution in [3.8, 4) is 0 Å². The topological polar surface area (TPSA) is 91.1 Å². The fourth-order valence-electron chi connectivity index (χ4n) is 4.38. The molecule has 1 saturated heterocycles. The lowest BCUT2D eigenvalue weighted by Gasteiger charge is -2.22. The molecule has 1 unspecified atom stereocenters. The molecule has 2 aliphatic heterocycles. The average molecular weight is 446 g/mol. The molecular formula is C22H27N3O5S. The summed E-state index contributed by atoms with van der Waals surface area (Å²) in [6.07, 6.45) is 2.34. The number of hydrogen-bond acceptors (Lipinski definition) is 5. The van der Waals surface area contributed by atoms with Crippen LogP contribution >= 0.6 is 0 Å². The van der Waals surface area contributed by atoms with Gasteiger partial charge in [0.1, 0.15) is 5.76 Å². The number of carbonyl (C=O) groups is 2. The van der Waals surface area contributed by atoms with Gasteiger partial charge in [-0.3, -0.25) is 9.59 Å². The van der Waals surface area contributed by atoms with E-state index in [4.69, 9.17) is 4.42 Å². The number of benzene rings is 1. The number of nitrogens with zero attached hydrogens (tertiary/aromatic N) is 3. The second-order valence-electron chi connectivity index (χ2n) is 7.87. The van der Waals surface area contributed by atoms with E-state index >= 15 is 0 Å². The molecule has 2 amide bonds. The molecule has 0 saturated carbocycles. The summed E-state index contributed by atoms with van der Waals surface area (Å²) in [5.74, 6) is 0.130. The van der Waals surface area contributed by atoms with Gasteiger partial charge in [0.05, 0.1) is 23.6 Å². The zero-order valence-electron chi connectivity index (χ0n) is 17.8. The monoisotopic (exact) mass is 445 g/mol. The fraction of sp³-hybridized carbons (Fsp3) is 0.455. The van der Waals surface area contributed by atoms with Gasteiger partial charge in [-0.25, -0.2) is 8.42 Å². The summed E-state index contributed by atoms with van der Waals surface area (Å²) < 4.78 is 32.4. The minimum atomic E-state index is -3.55. The van der Waals surface area contributed by atoms with E-state index in [0.717, 1.165) is 11.3 Å². The van der Waals surface area contributed by atoms with Gasteiger partial charge in [-0.05, 0) is 42.3 Å². The van der Waals surface area contributed by atoms with Crippen molar-refractivity contribution in [2.45, 2.75) is 38.1 Å². The zero-order chi connectivity index (χ0) is 22.2. The molecule has 166 valence electrons. The van der Waals surface area contributed by atoms with Crippen LogP contribution in [0.2, 0.25) is 0 Å². The van der Waals surface area contributed by atoms with Gasteiger partial charge in [0.25, 0.3) is 0 Å². The molecule has 4 rings (SSSR count). The number of sulfonamides is 1. The van der Waals surface area contributed by atoms with Crippen LogP contribution in [0.3, 0.4) is 0 Å². The first kappa shape index (κ1) is 21.6. The quantitative estimate of drug-likeness (QED) is 0.652. The minimum Gasteiger partial charge on any atom is -0.467 e. The van der Waals surface area contributed by atoms with E-state index in [0.29, 0.717) is 44.9 Å². The van der Waals surface area contributed by atoms with Gasteiger partial charge in [-0.2, -0.15) is 4.31 Å². The first-order chi connectivity index (χ1) is 14.8. The third-order valence-corrected chi connectivity index (χ3v) is 8.09. The SMILES string of the molecule is CCN(CC)S(=O)(=O)c1ccc2c(c1)CCN2C(=O)C1CC(=O)N(Cc2ccco2)C1. The maximum absolute atomic E-state index is 13.2. The Bertz CT molecular complexity index is 1080. The second-order valence-corrected chi connectivity index (χ2v) is 9.81. The minimum absolute atomic E-state index is 0.0603. The van der Waals surface area contributed by atoms with E-state index in [2.05, 4.69) is 0 Å². The summed E-state index contributed by atoms with van der Waals surface area (Å²) in [6, 6.07) is 8.55. The molecule has 1 atom stereocenters. The normalized spacial score (nSPS) is 18.8. The highest BCUT2D eigenvalue weighted by molar-refractivity contribution is 7.89. The highest BCUT2D eigenvalue weighted by Crippen LogP contribution is 2.33. The van der Waals surface area contributed by atoms with Gasteiger partial charge in [-0.1, -0.05) is 13.8 Å². The number of amides is 2. The molecule has 0 spiro atoms. The van der Waals surface area contributed by atoms with Crippen molar-refractivity contribution < 1.29 is 22.4 Å². The van der Waals surface area contributed by atoms with Gasteiger partial charge in [0.15, 0.2) is 0 Å². The van der Waals surface area contributed by atoms with E-state index < -0.39 is 15.9 Å². The van der Waals surface area contributed by atoms with Gasteiger partial charge < -0.3 is 14.2 Å². The van der Waals surface area contributed by atoms with Crippen molar-refractivity contribution >= 4 is 27.5 Å². The smallest absolute Gasteiger partial charge is 0.243 e. The van der Waals surface area contributed by atoms with Crippen LogP contribution in [0.4, 0.5) is 5.69 Å². The van der Waals surface area contributed by atoms with Crippen LogP contribution in [0.1, 0.15) is 31.6 Å². The first-order valence-corrected chi connectivity index (χ1v) is 12.0. The van der Waals surface area contributed by atoms with Crippen LogP contribution in [0.5, 0.6) is 0 Å². The summed E-state index contributed by atoms with van der Waals surface area (Å²) in [6.45, 7) is 5.65. The number of carbonyl (C=O) groups excluding carboxylic acids is 2. The average Bonchev–Trinajstić information content (AvgIpc) is 3.49. The fourth-order valence-corrected chi connectivity index (χ4v) is 5.89. The van der Waals surface area contributed by atoms with Crippen molar-refractivity contribution in [1.82, 2.24) is 9.21 Å². The summed E-state index contributed by atoms with van der Waals surface area (Å²) in [5, 5.41) is 0. The number of anilines is 1. The lowest BCUT2D eigenvalue weighted by atomic mass is 10.1. The van der Waals surface area contributed by atoms with Crippen molar-refractivity contribution in [3.63, 3.8) is 0 Å². The Morgan fingerprint density at radius 3 is 2.68 bits per heavy atom. The summed E-state index contributed by atoms with van der Waals surface area (Å²) in [5.41, 5.74) is 1.58. The molecule has 9 heteroatoms. The first-order valence-electron chi connectivity index (χ1n) is 10.6. The molecular weight excluding hydrogens is 418 g/mol. The second kappa shape index (κ2) is 8.47. The molecule has 1 fully saturated rings. The zero-order valence-corrected chi connectivity index (χ0v) is 18.6. The van der Waals surface area contributed by atoms with Crippen molar-refractivity contribution in [1.29, 1.82) is 0 Å². The van der Waals surface area contributed by atoms with Crippen LogP contribution < -0.4 is 4.90 Å². The van der Waals surface area contributed by atoms with Crippen LogP contribution in [-0.2, 0) is 32.6 Å². The number of hydrogen-bond donors (Lipinski definition) is 0. The molecule has 2 aromatic rings. The maximum Gasteiger partial charge on any atom is 0.243 e. The molecule has 3 heterocycles. The Kier molecular flexibility index (Phi) is 5.90. The number of rotatable bonds is 7. The predicted octanol–water partition coefficient (Wildman–Crippen LogP) is 2.25. The molecule has 2 aliphatic rings. The van der Waals surface area contributed by atoms with Crippen LogP contribution in [-0.4, -0.2) is 55.6 Å². The number of likely N-dealkylation sites (tertiary alicyclic amines) is 1. The Labute approximate surface area is 182 Å². The summed E-state index contributed by atoms with van der Waals surface area (Å²) >= 11 is 0. The Morgan fingerprint density at radius 1 is 1.23 bits per heavy atom. The van der Waals surface area contributed by atoms with Gasteiger partial charge in [-0.15, -0.1) is 0 Å². The summed E-state index contributed by atoms with van der Waals surface area (Å²) in [7, 11) is -3.55. The highest BCUT2D eigenvalue weighted by atomic mass is 32.2. The lowest BCUT2D eigenvalue weighted by Crippen LogP contribution is -2.36. The van der Waals surface area contributed by atoms with Gasteiger partial charge in [0, 0.05) is 38.3 Å². The van der Waals surface area contributed by atoms with E-state index in [1.54, 1.807) is 40.3 Å². The van der Waals surface area contributed by atoms with Crippen LogP contribution in [0.25, 0.3) is 0 Å². The number of furan rings is 1. The maximum atomic E-state index is 13.2. The standard InChI is InChI=1S/C22H27N3O5S/c1-3-24(4-2)31(28,29)19-7-8-20-16(12-19)9-10-25(20)22(27)17-13-21(26)23(14-17)15-18-6-5-11-30-18/h5-8,11-12,17H,3-4,9-10,13-15H2,1-2H3. The Hall–Kier alpha value is -2.65. The Balaban J connectivity index is 1.49. The van der Waals surface area contributed by atoms with E-state index in [-0.39, 0.29) is 23.1 Å². The largest absolute Gasteiger partial charge is 0.467 e. The molecule has 0 bridgehead atoms. The van der Waals surface area contributed by atoms with E-state index in [1.807, 2.05) is 19.9 Å². The van der Waals surface area contributed by atoms with E-state index in [9.17, 15) is 18.0 Å². The molecule has 0 radical (unpaired) electrons. The summed E-state index contributed by atoms with van der Waals surface area (Å²) in [4.78, 5) is 29.2. The molecule has 31 heavy (non-hydrogen) atoms. The third kappa shape index (κ3) is 3.99. The molecule has 0 aliphatic carbocycles. The van der Waals surface area contributed by atoms with Gasteiger partial charge in [0.2, 0.25) is 21.8 Å². The number of fused-ring (bicyclic) bond motifs is 1. The van der Waals surface area contributed by atoms with Crippen LogP contribution in [0, 0.1) is 5.92 Å². The van der Waals surface area contributed by atoms with Gasteiger partial charge >= 0.3 is 0 Å². The van der Waals surface area contributed by atoms with Crippen molar-refractivity contribution in [2.24, 2.45) is 5.92 Å². The Morgan fingerprint density at radius 2 is 2.00 bits per heavy atom. The predicted molar refractivity (Wildman–Crippen MR) is 115 cm³/mol. The molecule has 1 aromatic heterocycles.